The van der Waals surface area contributed by atoms with E-state index in [9.17, 15) is 9.90 Å². The second-order valence-corrected chi connectivity index (χ2v) is 15.2. The number of hydrogen-bond donors (Lipinski definition) is 1. The third kappa shape index (κ3) is 4.64. The Hall–Kier alpha value is -2.74. The Kier molecular flexibility index (Phi) is 6.32. The maximum absolute atomic E-state index is 11.8. The van der Waals surface area contributed by atoms with Crippen LogP contribution in [-0.4, -0.2) is 27.7 Å². The molecule has 0 aliphatic rings. The van der Waals surface area contributed by atoms with E-state index in [4.69, 9.17) is 4.12 Å². The Morgan fingerprint density at radius 2 is 1.17 bits per heavy atom. The van der Waals surface area contributed by atoms with Gasteiger partial charge in [0.05, 0.1) is 0 Å². The monoisotopic (exact) mass is 418 g/mol. The van der Waals surface area contributed by atoms with Crippen molar-refractivity contribution in [3.8, 4) is 0 Å². The van der Waals surface area contributed by atoms with Gasteiger partial charge in [0.25, 0.3) is 0 Å². The van der Waals surface area contributed by atoms with E-state index >= 15 is 0 Å². The molecule has 1 N–H and O–H groups in total. The van der Waals surface area contributed by atoms with Crippen LogP contribution in [0.5, 0.6) is 0 Å². The molecular weight excluding hydrogens is 392 g/mol. The largest absolute Gasteiger partial charge is 0.478 e. The van der Waals surface area contributed by atoms with Crippen molar-refractivity contribution in [3.05, 3.63) is 103 Å². The predicted molar refractivity (Wildman–Crippen MR) is 124 cm³/mol. The summed E-state index contributed by atoms with van der Waals surface area (Å²) in [6.45, 7) is 8.22. The average Bonchev–Trinajstić information content (AvgIpc) is 2.75. The maximum Gasteiger partial charge on any atom is 0.330 e. The predicted octanol–water partition coefficient (Wildman–Crippen LogP) is 3.52. The van der Waals surface area contributed by atoms with Gasteiger partial charge in [-0.2, -0.15) is 0 Å². The fraction of sp³-hybridized carbons (Fsp3) is 0.125. The normalized spacial score (nSPS) is 11.8. The number of rotatable bonds is 8. The highest BCUT2D eigenvalue weighted by molar-refractivity contribution is 7.05. The molecule has 0 amide bonds. The van der Waals surface area contributed by atoms with Crippen molar-refractivity contribution in [3.63, 3.8) is 0 Å². The molecule has 0 aliphatic carbocycles. The molecule has 29 heavy (non-hydrogen) atoms. The van der Waals surface area contributed by atoms with Crippen LogP contribution in [0.4, 0.5) is 0 Å². The van der Waals surface area contributed by atoms with E-state index in [-0.39, 0.29) is 5.57 Å². The Bertz CT molecular complexity index is 931. The Morgan fingerprint density at radius 3 is 1.55 bits per heavy atom. The first-order valence-corrected chi connectivity index (χ1v) is 14.7. The van der Waals surface area contributed by atoms with Crippen LogP contribution in [0.1, 0.15) is 0 Å². The van der Waals surface area contributed by atoms with Gasteiger partial charge in [-0.05, 0) is 28.7 Å². The molecule has 148 valence electrons. The van der Waals surface area contributed by atoms with Crippen LogP contribution in [0, 0.1) is 0 Å². The molecule has 0 radical (unpaired) electrons. The number of aliphatic carboxylic acids is 1. The summed E-state index contributed by atoms with van der Waals surface area (Å²) in [6.07, 6.45) is 0. The lowest BCUT2D eigenvalue weighted by molar-refractivity contribution is -0.132. The van der Waals surface area contributed by atoms with Gasteiger partial charge in [-0.3, -0.25) is 0 Å². The van der Waals surface area contributed by atoms with E-state index in [1.807, 2.05) is 54.6 Å². The standard InChI is InChI=1S/C24H26O3Si2/c1-20(24(25)26)19-29(22-15-9-5-10-16-22,23-17-11-6-12-18-23)27-28(2,3)21-13-7-4-8-14-21/h4-18H,1,19H2,2-3H3,(H,25,26). The van der Waals surface area contributed by atoms with Gasteiger partial charge in [-0.25, -0.2) is 4.79 Å². The minimum atomic E-state index is -2.91. The van der Waals surface area contributed by atoms with Crippen molar-refractivity contribution in [1.29, 1.82) is 0 Å². The average molecular weight is 419 g/mol. The summed E-state index contributed by atoms with van der Waals surface area (Å²) in [5.41, 5.74) is 0.183. The lowest BCUT2D eigenvalue weighted by atomic mass is 10.3. The molecule has 0 fully saturated rings. The van der Waals surface area contributed by atoms with Crippen LogP contribution in [0.2, 0.25) is 19.1 Å². The van der Waals surface area contributed by atoms with E-state index in [0.717, 1.165) is 10.4 Å². The van der Waals surface area contributed by atoms with Gasteiger partial charge in [-0.15, -0.1) is 0 Å². The lowest BCUT2D eigenvalue weighted by Gasteiger charge is -2.40. The second-order valence-electron chi connectivity index (χ2n) is 7.62. The van der Waals surface area contributed by atoms with E-state index in [2.05, 4.69) is 56.1 Å². The fourth-order valence-electron chi connectivity index (χ4n) is 3.65. The number of benzene rings is 3. The molecule has 3 nitrogen and oxygen atoms in total. The zero-order chi connectivity index (χ0) is 20.9. The first kappa shape index (κ1) is 21.0. The van der Waals surface area contributed by atoms with E-state index in [0.29, 0.717) is 6.04 Å². The first-order valence-electron chi connectivity index (χ1n) is 9.63. The van der Waals surface area contributed by atoms with Gasteiger partial charge >= 0.3 is 5.97 Å². The molecule has 3 rings (SSSR count). The summed E-state index contributed by atoms with van der Waals surface area (Å²) in [5.74, 6) is -0.975. The third-order valence-electron chi connectivity index (χ3n) is 5.14. The smallest absolute Gasteiger partial charge is 0.330 e. The molecule has 0 heterocycles. The van der Waals surface area contributed by atoms with E-state index in [1.165, 1.54) is 5.19 Å². The van der Waals surface area contributed by atoms with Gasteiger partial charge in [0.2, 0.25) is 16.6 Å². The molecular formula is C24H26O3Si2. The van der Waals surface area contributed by atoms with Crippen LogP contribution >= 0.6 is 0 Å². The molecule has 5 heteroatoms. The van der Waals surface area contributed by atoms with Gasteiger partial charge in [0.15, 0.2) is 0 Å². The summed E-state index contributed by atoms with van der Waals surface area (Å²) >= 11 is 0. The van der Waals surface area contributed by atoms with E-state index in [1.54, 1.807) is 0 Å². The van der Waals surface area contributed by atoms with Crippen molar-refractivity contribution < 1.29 is 14.0 Å². The molecule has 0 atom stereocenters. The molecule has 0 spiro atoms. The number of carbonyl (C=O) groups is 1. The molecule has 0 aromatic heterocycles. The van der Waals surface area contributed by atoms with Crippen molar-refractivity contribution in [1.82, 2.24) is 0 Å². The van der Waals surface area contributed by atoms with Crippen molar-refractivity contribution in [2.75, 3.05) is 0 Å². The van der Waals surface area contributed by atoms with Crippen LogP contribution in [-0.2, 0) is 8.91 Å². The van der Waals surface area contributed by atoms with Gasteiger partial charge < -0.3 is 9.22 Å². The Labute approximate surface area is 174 Å². The summed E-state index contributed by atoms with van der Waals surface area (Å²) < 4.78 is 7.16. The van der Waals surface area contributed by atoms with Crippen LogP contribution in [0.3, 0.4) is 0 Å². The van der Waals surface area contributed by atoms with Crippen LogP contribution in [0.25, 0.3) is 0 Å². The molecule has 0 bridgehead atoms. The molecule has 0 unspecified atom stereocenters. The van der Waals surface area contributed by atoms with Crippen LogP contribution < -0.4 is 15.6 Å². The van der Waals surface area contributed by atoms with Crippen molar-refractivity contribution in [2.24, 2.45) is 0 Å². The lowest BCUT2D eigenvalue weighted by Crippen LogP contribution is -2.67. The number of carboxylic acid groups (broad SMARTS) is 1. The zero-order valence-corrected chi connectivity index (χ0v) is 18.8. The zero-order valence-electron chi connectivity index (χ0n) is 16.8. The number of hydrogen-bond acceptors (Lipinski definition) is 2. The summed E-state index contributed by atoms with van der Waals surface area (Å²) in [5, 5.41) is 12.9. The molecule has 0 saturated heterocycles. The highest BCUT2D eigenvalue weighted by atomic mass is 28.4. The maximum atomic E-state index is 11.8. The topological polar surface area (TPSA) is 46.5 Å². The quantitative estimate of drug-likeness (QED) is 0.450. The van der Waals surface area contributed by atoms with Crippen LogP contribution in [0.15, 0.2) is 103 Å². The molecule has 3 aromatic rings. The first-order chi connectivity index (χ1) is 13.8. The minimum absolute atomic E-state index is 0.183. The summed E-state index contributed by atoms with van der Waals surface area (Å²) in [7, 11) is -5.26. The summed E-state index contributed by atoms with van der Waals surface area (Å²) in [6, 6.07) is 30.7. The number of carboxylic acids is 1. The van der Waals surface area contributed by atoms with Crippen molar-refractivity contribution in [2.45, 2.75) is 19.1 Å². The van der Waals surface area contributed by atoms with Gasteiger partial charge in [0, 0.05) is 11.6 Å². The van der Waals surface area contributed by atoms with Gasteiger partial charge in [-0.1, -0.05) is 97.6 Å². The Balaban J connectivity index is 2.21. The third-order valence-corrected chi connectivity index (χ3v) is 13.8. The molecule has 0 aliphatic heterocycles. The minimum Gasteiger partial charge on any atom is -0.478 e. The Morgan fingerprint density at radius 1 is 0.793 bits per heavy atom. The highest BCUT2D eigenvalue weighted by Crippen LogP contribution is 2.23. The van der Waals surface area contributed by atoms with E-state index < -0.39 is 22.6 Å². The van der Waals surface area contributed by atoms with Crippen molar-refractivity contribution >= 4 is 38.2 Å². The second kappa shape index (κ2) is 8.74. The summed E-state index contributed by atoms with van der Waals surface area (Å²) in [4.78, 5) is 11.8. The molecule has 0 saturated carbocycles. The molecule has 3 aromatic carbocycles. The SMILES string of the molecule is C=C(C[Si](O[Si](C)(C)c1ccccc1)(c1ccccc1)c1ccccc1)C(=O)O. The fourth-order valence-corrected chi connectivity index (χ4v) is 12.8. The highest BCUT2D eigenvalue weighted by Gasteiger charge is 2.46. The van der Waals surface area contributed by atoms with Gasteiger partial charge in [0.1, 0.15) is 0 Å².